The highest BCUT2D eigenvalue weighted by Crippen LogP contribution is 2.17. The van der Waals surface area contributed by atoms with Gasteiger partial charge in [0.25, 0.3) is 0 Å². The van der Waals surface area contributed by atoms with Crippen LogP contribution in [0, 0.1) is 5.41 Å². The third-order valence-corrected chi connectivity index (χ3v) is 2.44. The van der Waals surface area contributed by atoms with Crippen LogP contribution in [0.4, 0.5) is 0 Å². The first kappa shape index (κ1) is 13.4. The van der Waals surface area contributed by atoms with Crippen LogP contribution < -0.4 is 10.6 Å². The van der Waals surface area contributed by atoms with Gasteiger partial charge in [0.05, 0.1) is 6.54 Å². The molecule has 0 rings (SSSR count). The van der Waals surface area contributed by atoms with Crippen LogP contribution in [0.15, 0.2) is 0 Å². The Balaban J connectivity index is 3.67. The highest BCUT2D eigenvalue weighted by Gasteiger charge is 2.19. The summed E-state index contributed by atoms with van der Waals surface area (Å²) >= 11 is 0. The molecule has 0 aromatic heterocycles. The Morgan fingerprint density at radius 2 is 1.93 bits per heavy atom. The summed E-state index contributed by atoms with van der Waals surface area (Å²) in [5, 5.41) is 6.06. The summed E-state index contributed by atoms with van der Waals surface area (Å²) in [6.45, 7) is 11.8. The number of rotatable bonds is 5. The first-order valence-corrected chi connectivity index (χ1v) is 5.38. The fourth-order valence-electron chi connectivity index (χ4n) is 0.879. The Labute approximate surface area is 87.6 Å². The van der Waals surface area contributed by atoms with Crippen molar-refractivity contribution < 1.29 is 4.79 Å². The van der Waals surface area contributed by atoms with Crippen LogP contribution in [0.2, 0.25) is 0 Å². The molecule has 0 saturated heterocycles. The van der Waals surface area contributed by atoms with Gasteiger partial charge in [0.15, 0.2) is 0 Å². The molecule has 0 heterocycles. The summed E-state index contributed by atoms with van der Waals surface area (Å²) in [7, 11) is 0. The molecule has 0 fully saturated rings. The number of carbonyl (C=O) groups excluding carboxylic acids is 1. The minimum atomic E-state index is 0.0861. The summed E-state index contributed by atoms with van der Waals surface area (Å²) < 4.78 is 0. The molecule has 3 nitrogen and oxygen atoms in total. The molecule has 0 aliphatic heterocycles. The molecule has 0 bridgehead atoms. The maximum atomic E-state index is 11.3. The number of amides is 1. The highest BCUT2D eigenvalue weighted by atomic mass is 16.1. The normalized spacial score (nSPS) is 13.8. The predicted octanol–water partition coefficient (Wildman–Crippen LogP) is 1.54. The van der Waals surface area contributed by atoms with Crippen LogP contribution in [0.25, 0.3) is 0 Å². The number of nitrogens with one attached hydrogen (secondary N) is 2. The zero-order chi connectivity index (χ0) is 11.2. The molecule has 0 radical (unpaired) electrons. The van der Waals surface area contributed by atoms with Crippen LogP contribution >= 0.6 is 0 Å². The van der Waals surface area contributed by atoms with E-state index in [0.717, 1.165) is 13.0 Å². The van der Waals surface area contributed by atoms with Gasteiger partial charge in [-0.1, -0.05) is 27.7 Å². The van der Waals surface area contributed by atoms with Crippen LogP contribution in [-0.4, -0.2) is 25.0 Å². The minimum Gasteiger partial charge on any atom is -0.355 e. The van der Waals surface area contributed by atoms with E-state index in [1.807, 2.05) is 6.92 Å². The lowest BCUT2D eigenvalue weighted by atomic mass is 9.88. The first-order chi connectivity index (χ1) is 6.38. The largest absolute Gasteiger partial charge is 0.355 e. The van der Waals surface area contributed by atoms with E-state index in [1.165, 1.54) is 0 Å². The maximum absolute atomic E-state index is 11.3. The third kappa shape index (κ3) is 5.97. The standard InChI is InChI=1S/C11H24N2O/c1-6-7-12-10(14)8-13-9(2)11(3,4)5/h9,13H,6-8H2,1-5H3,(H,12,14). The molecule has 0 aromatic carbocycles. The topological polar surface area (TPSA) is 41.1 Å². The zero-order valence-electron chi connectivity index (χ0n) is 10.1. The van der Waals surface area contributed by atoms with Gasteiger partial charge in [-0.2, -0.15) is 0 Å². The monoisotopic (exact) mass is 200 g/mol. The van der Waals surface area contributed by atoms with Crippen molar-refractivity contribution in [3.8, 4) is 0 Å². The van der Waals surface area contributed by atoms with E-state index in [4.69, 9.17) is 0 Å². The average Bonchev–Trinajstić information content (AvgIpc) is 2.09. The molecule has 0 aliphatic rings. The van der Waals surface area contributed by atoms with Gasteiger partial charge in [-0.25, -0.2) is 0 Å². The van der Waals surface area contributed by atoms with Crippen molar-refractivity contribution in [2.24, 2.45) is 5.41 Å². The molecule has 0 spiro atoms. The third-order valence-electron chi connectivity index (χ3n) is 2.44. The zero-order valence-corrected chi connectivity index (χ0v) is 10.1. The fraction of sp³-hybridized carbons (Fsp3) is 0.909. The van der Waals surface area contributed by atoms with E-state index in [1.54, 1.807) is 0 Å². The van der Waals surface area contributed by atoms with Crippen LogP contribution in [-0.2, 0) is 4.79 Å². The molecule has 0 saturated carbocycles. The lowest BCUT2D eigenvalue weighted by molar-refractivity contribution is -0.120. The number of hydrogen-bond donors (Lipinski definition) is 2. The van der Waals surface area contributed by atoms with Crippen LogP contribution in [0.3, 0.4) is 0 Å². The van der Waals surface area contributed by atoms with Gasteiger partial charge < -0.3 is 10.6 Å². The molecule has 1 amide bonds. The highest BCUT2D eigenvalue weighted by molar-refractivity contribution is 5.77. The smallest absolute Gasteiger partial charge is 0.233 e. The Morgan fingerprint density at radius 1 is 1.36 bits per heavy atom. The molecule has 1 unspecified atom stereocenters. The molecule has 1 atom stereocenters. The van der Waals surface area contributed by atoms with E-state index in [9.17, 15) is 4.79 Å². The van der Waals surface area contributed by atoms with Crippen molar-refractivity contribution in [2.75, 3.05) is 13.1 Å². The summed E-state index contributed by atoms with van der Waals surface area (Å²) in [6, 6.07) is 0.342. The van der Waals surface area contributed by atoms with Crippen molar-refractivity contribution in [1.29, 1.82) is 0 Å². The van der Waals surface area contributed by atoms with Crippen molar-refractivity contribution in [3.63, 3.8) is 0 Å². The molecular formula is C11H24N2O. The molecule has 84 valence electrons. The summed E-state index contributed by atoms with van der Waals surface area (Å²) in [6.07, 6.45) is 0.987. The van der Waals surface area contributed by atoms with Gasteiger partial charge in [0.2, 0.25) is 5.91 Å². The molecular weight excluding hydrogens is 176 g/mol. The maximum Gasteiger partial charge on any atom is 0.233 e. The van der Waals surface area contributed by atoms with Gasteiger partial charge in [-0.3, -0.25) is 4.79 Å². The number of hydrogen-bond acceptors (Lipinski definition) is 2. The molecule has 0 aromatic rings. The Bertz CT molecular complexity index is 173. The fourth-order valence-corrected chi connectivity index (χ4v) is 0.879. The number of carbonyl (C=O) groups is 1. The van der Waals surface area contributed by atoms with E-state index < -0.39 is 0 Å². The van der Waals surface area contributed by atoms with Crippen LogP contribution in [0.1, 0.15) is 41.0 Å². The summed E-state index contributed by atoms with van der Waals surface area (Å²) in [5.41, 5.74) is 0.199. The first-order valence-electron chi connectivity index (χ1n) is 5.38. The SMILES string of the molecule is CCCNC(=O)CNC(C)C(C)(C)C. The van der Waals surface area contributed by atoms with Crippen molar-refractivity contribution in [1.82, 2.24) is 10.6 Å². The molecule has 3 heteroatoms. The Hall–Kier alpha value is -0.570. The van der Waals surface area contributed by atoms with E-state index in [-0.39, 0.29) is 11.3 Å². The second kappa shape index (κ2) is 6.02. The lowest BCUT2D eigenvalue weighted by Crippen LogP contribution is -2.43. The molecule has 14 heavy (non-hydrogen) atoms. The lowest BCUT2D eigenvalue weighted by Gasteiger charge is -2.27. The molecule has 0 aliphatic carbocycles. The van der Waals surface area contributed by atoms with E-state index in [2.05, 4.69) is 38.3 Å². The van der Waals surface area contributed by atoms with Gasteiger partial charge >= 0.3 is 0 Å². The van der Waals surface area contributed by atoms with Gasteiger partial charge in [-0.15, -0.1) is 0 Å². The van der Waals surface area contributed by atoms with Crippen molar-refractivity contribution in [2.45, 2.75) is 47.1 Å². The van der Waals surface area contributed by atoms with Crippen LogP contribution in [0.5, 0.6) is 0 Å². The Morgan fingerprint density at radius 3 is 2.36 bits per heavy atom. The minimum absolute atomic E-state index is 0.0861. The summed E-state index contributed by atoms with van der Waals surface area (Å²) in [4.78, 5) is 11.3. The van der Waals surface area contributed by atoms with Crippen molar-refractivity contribution in [3.05, 3.63) is 0 Å². The second-order valence-electron chi connectivity index (χ2n) is 4.82. The van der Waals surface area contributed by atoms with Gasteiger partial charge in [0, 0.05) is 12.6 Å². The molecule has 2 N–H and O–H groups in total. The second-order valence-corrected chi connectivity index (χ2v) is 4.82. The van der Waals surface area contributed by atoms with Gasteiger partial charge in [-0.05, 0) is 18.8 Å². The predicted molar refractivity (Wildman–Crippen MR) is 60.2 cm³/mol. The summed E-state index contributed by atoms with van der Waals surface area (Å²) in [5.74, 6) is 0.0861. The van der Waals surface area contributed by atoms with E-state index in [0.29, 0.717) is 12.6 Å². The Kier molecular flexibility index (Phi) is 5.77. The van der Waals surface area contributed by atoms with Gasteiger partial charge in [0.1, 0.15) is 0 Å². The van der Waals surface area contributed by atoms with Crippen molar-refractivity contribution >= 4 is 5.91 Å². The van der Waals surface area contributed by atoms with E-state index >= 15 is 0 Å². The average molecular weight is 200 g/mol. The quantitative estimate of drug-likeness (QED) is 0.707.